The summed E-state index contributed by atoms with van der Waals surface area (Å²) in [6.45, 7) is 6.48. The van der Waals surface area contributed by atoms with Gasteiger partial charge in [-0.25, -0.2) is 9.97 Å². The van der Waals surface area contributed by atoms with Gasteiger partial charge in [-0.2, -0.15) is 0 Å². The van der Waals surface area contributed by atoms with Crippen LogP contribution in [0.5, 0.6) is 0 Å². The second-order valence-corrected chi connectivity index (χ2v) is 5.33. The Morgan fingerprint density at radius 1 is 1.33 bits per heavy atom. The van der Waals surface area contributed by atoms with E-state index in [2.05, 4.69) is 20.4 Å². The summed E-state index contributed by atoms with van der Waals surface area (Å²) in [5.41, 5.74) is 3.72. The van der Waals surface area contributed by atoms with Crippen molar-refractivity contribution < 1.29 is 9.26 Å². The van der Waals surface area contributed by atoms with Crippen LogP contribution in [0.15, 0.2) is 16.9 Å². The van der Waals surface area contributed by atoms with Crippen LogP contribution in [-0.2, 0) is 11.2 Å². The van der Waals surface area contributed by atoms with Crippen molar-refractivity contribution in [1.82, 2.24) is 20.4 Å². The third kappa shape index (κ3) is 3.28. The van der Waals surface area contributed by atoms with Gasteiger partial charge >= 0.3 is 0 Å². The number of aromatic nitrogens is 3. The topological polar surface area (TPSA) is 73.1 Å². The van der Waals surface area contributed by atoms with Gasteiger partial charge in [0.2, 0.25) is 0 Å². The number of morpholine rings is 1. The van der Waals surface area contributed by atoms with Gasteiger partial charge in [-0.3, -0.25) is 0 Å². The minimum absolute atomic E-state index is 0.274. The molecule has 112 valence electrons. The lowest BCUT2D eigenvalue weighted by Crippen LogP contribution is -2.38. The van der Waals surface area contributed by atoms with Crippen molar-refractivity contribution in [3.8, 4) is 11.3 Å². The van der Waals surface area contributed by atoms with Gasteiger partial charge in [0, 0.05) is 18.8 Å². The van der Waals surface area contributed by atoms with Crippen molar-refractivity contribution in [2.24, 2.45) is 0 Å². The number of hydrogen-bond donors (Lipinski definition) is 1. The molecule has 1 fully saturated rings. The molecule has 2 aromatic heterocycles. The van der Waals surface area contributed by atoms with Gasteiger partial charge in [0.1, 0.15) is 12.1 Å². The third-order valence-electron chi connectivity index (χ3n) is 3.74. The zero-order chi connectivity index (χ0) is 14.7. The lowest BCUT2D eigenvalue weighted by molar-refractivity contribution is 0.0237. The first-order valence-corrected chi connectivity index (χ1v) is 7.30. The van der Waals surface area contributed by atoms with Crippen molar-refractivity contribution in [3.63, 3.8) is 0 Å². The van der Waals surface area contributed by atoms with Crippen molar-refractivity contribution in [1.29, 1.82) is 0 Å². The Kier molecular flexibility index (Phi) is 4.26. The van der Waals surface area contributed by atoms with Gasteiger partial charge in [0.05, 0.1) is 29.7 Å². The predicted octanol–water partition coefficient (Wildman–Crippen LogP) is 1.67. The van der Waals surface area contributed by atoms with Crippen LogP contribution in [-0.4, -0.2) is 40.9 Å². The van der Waals surface area contributed by atoms with Gasteiger partial charge in [-0.05, 0) is 32.8 Å². The van der Waals surface area contributed by atoms with E-state index in [1.165, 1.54) is 0 Å². The maximum Gasteiger partial charge on any atom is 0.143 e. The van der Waals surface area contributed by atoms with E-state index in [4.69, 9.17) is 9.26 Å². The lowest BCUT2D eigenvalue weighted by atomic mass is 10.1. The molecule has 1 atom stereocenters. The quantitative estimate of drug-likeness (QED) is 0.922. The average molecular weight is 288 g/mol. The molecular formula is C15H20N4O2. The number of nitrogens with one attached hydrogen (secondary N) is 1. The number of rotatable bonds is 4. The average Bonchev–Trinajstić information content (AvgIpc) is 2.85. The van der Waals surface area contributed by atoms with Crippen LogP contribution in [0.3, 0.4) is 0 Å². The molecular weight excluding hydrogens is 268 g/mol. The Morgan fingerprint density at radius 2 is 2.24 bits per heavy atom. The molecule has 0 aliphatic carbocycles. The molecule has 6 heteroatoms. The molecule has 6 nitrogen and oxygen atoms in total. The van der Waals surface area contributed by atoms with Crippen molar-refractivity contribution in [3.05, 3.63) is 29.5 Å². The van der Waals surface area contributed by atoms with Gasteiger partial charge in [-0.15, -0.1) is 0 Å². The highest BCUT2D eigenvalue weighted by Crippen LogP contribution is 2.25. The molecule has 1 aliphatic rings. The van der Waals surface area contributed by atoms with Crippen LogP contribution >= 0.6 is 0 Å². The first-order chi connectivity index (χ1) is 10.2. The largest absolute Gasteiger partial charge is 0.376 e. The van der Waals surface area contributed by atoms with Gasteiger partial charge in [0.15, 0.2) is 0 Å². The molecule has 21 heavy (non-hydrogen) atoms. The second-order valence-electron chi connectivity index (χ2n) is 5.33. The van der Waals surface area contributed by atoms with Gasteiger partial charge in [0.25, 0.3) is 0 Å². The molecule has 0 bridgehead atoms. The van der Waals surface area contributed by atoms with E-state index in [1.807, 2.05) is 19.9 Å². The van der Waals surface area contributed by atoms with Crippen molar-refractivity contribution in [2.45, 2.75) is 32.8 Å². The summed E-state index contributed by atoms with van der Waals surface area (Å²) in [6, 6.07) is 2.02. The molecule has 1 aliphatic heterocycles. The Labute approximate surface area is 123 Å². The first kappa shape index (κ1) is 14.2. The zero-order valence-electron chi connectivity index (χ0n) is 12.4. The third-order valence-corrected chi connectivity index (χ3v) is 3.74. The summed E-state index contributed by atoms with van der Waals surface area (Å²) < 4.78 is 10.9. The molecule has 1 unspecified atom stereocenters. The number of aryl methyl sites for hydroxylation is 3. The zero-order valence-corrected chi connectivity index (χ0v) is 12.4. The highest BCUT2D eigenvalue weighted by molar-refractivity contribution is 5.63. The number of ether oxygens (including phenoxy) is 1. The predicted molar refractivity (Wildman–Crippen MR) is 77.9 cm³/mol. The van der Waals surface area contributed by atoms with Crippen LogP contribution in [0.4, 0.5) is 0 Å². The summed E-state index contributed by atoms with van der Waals surface area (Å²) in [4.78, 5) is 8.70. The van der Waals surface area contributed by atoms with Gasteiger partial charge < -0.3 is 14.6 Å². The fourth-order valence-corrected chi connectivity index (χ4v) is 2.63. The van der Waals surface area contributed by atoms with E-state index in [9.17, 15) is 0 Å². The van der Waals surface area contributed by atoms with Crippen LogP contribution in [0, 0.1) is 13.8 Å². The highest BCUT2D eigenvalue weighted by atomic mass is 16.5. The van der Waals surface area contributed by atoms with Crippen LogP contribution in [0.1, 0.15) is 23.6 Å². The van der Waals surface area contributed by atoms with Crippen LogP contribution in [0.25, 0.3) is 11.3 Å². The molecule has 0 radical (unpaired) electrons. The standard InChI is InChI=1S/C15H20N4O2/c1-10-15(11(2)21-19-10)14-7-12(17-9-18-14)3-4-13-8-16-5-6-20-13/h7,9,13,16H,3-6,8H2,1-2H3. The molecule has 0 aromatic carbocycles. The van der Waals surface area contributed by atoms with Crippen LogP contribution < -0.4 is 5.32 Å². The van der Waals surface area contributed by atoms with E-state index >= 15 is 0 Å². The van der Waals surface area contributed by atoms with E-state index < -0.39 is 0 Å². The molecule has 0 saturated carbocycles. The molecule has 0 amide bonds. The summed E-state index contributed by atoms with van der Waals surface area (Å²) in [7, 11) is 0. The summed E-state index contributed by atoms with van der Waals surface area (Å²) >= 11 is 0. The Morgan fingerprint density at radius 3 is 2.95 bits per heavy atom. The number of nitrogens with zero attached hydrogens (tertiary/aromatic N) is 3. The smallest absolute Gasteiger partial charge is 0.143 e. The number of hydrogen-bond acceptors (Lipinski definition) is 6. The SMILES string of the molecule is Cc1noc(C)c1-c1cc(CCC2CNCCO2)ncn1. The van der Waals surface area contributed by atoms with Gasteiger partial charge in [-0.1, -0.05) is 5.16 Å². The highest BCUT2D eigenvalue weighted by Gasteiger charge is 2.16. The fraction of sp³-hybridized carbons (Fsp3) is 0.533. The van der Waals surface area contributed by atoms with E-state index in [-0.39, 0.29) is 6.10 Å². The first-order valence-electron chi connectivity index (χ1n) is 7.30. The van der Waals surface area contributed by atoms with E-state index in [0.29, 0.717) is 0 Å². The summed E-state index contributed by atoms with van der Waals surface area (Å²) in [5.74, 6) is 0.789. The lowest BCUT2D eigenvalue weighted by Gasteiger charge is -2.23. The van der Waals surface area contributed by atoms with Crippen LogP contribution in [0.2, 0.25) is 0 Å². The Balaban J connectivity index is 1.71. The molecule has 0 spiro atoms. The van der Waals surface area contributed by atoms with E-state index in [0.717, 1.165) is 60.9 Å². The molecule has 3 rings (SSSR count). The maximum absolute atomic E-state index is 5.71. The summed E-state index contributed by atoms with van der Waals surface area (Å²) in [5, 5.41) is 7.32. The Hall–Kier alpha value is -1.79. The summed E-state index contributed by atoms with van der Waals surface area (Å²) in [6.07, 6.45) is 3.73. The monoisotopic (exact) mass is 288 g/mol. The van der Waals surface area contributed by atoms with Crippen molar-refractivity contribution in [2.75, 3.05) is 19.7 Å². The fourth-order valence-electron chi connectivity index (χ4n) is 2.63. The minimum atomic E-state index is 0.274. The normalized spacial score (nSPS) is 18.9. The molecule has 1 saturated heterocycles. The maximum atomic E-state index is 5.71. The second kappa shape index (κ2) is 6.32. The molecule has 2 aromatic rings. The van der Waals surface area contributed by atoms with Crippen molar-refractivity contribution >= 4 is 0 Å². The van der Waals surface area contributed by atoms with E-state index in [1.54, 1.807) is 6.33 Å². The minimum Gasteiger partial charge on any atom is -0.376 e. The molecule has 3 heterocycles. The Bertz CT molecular complexity index is 586. The molecule has 1 N–H and O–H groups in total.